The van der Waals surface area contributed by atoms with Crippen molar-refractivity contribution in [3.8, 4) is 0 Å². The first-order valence-electron chi connectivity index (χ1n) is 6.54. The maximum Gasteiger partial charge on any atom is 0.270 e. The van der Waals surface area contributed by atoms with Crippen LogP contribution in [0.1, 0.15) is 35.0 Å². The Balaban J connectivity index is 2.17. The highest BCUT2D eigenvalue weighted by Crippen LogP contribution is 2.13. The van der Waals surface area contributed by atoms with Crippen LogP contribution in [0.4, 0.5) is 0 Å². The van der Waals surface area contributed by atoms with Gasteiger partial charge in [-0.05, 0) is 31.9 Å². The fourth-order valence-corrected chi connectivity index (χ4v) is 2.16. The van der Waals surface area contributed by atoms with Crippen molar-refractivity contribution in [1.82, 2.24) is 9.47 Å². The minimum atomic E-state index is -0.203. The molecule has 0 N–H and O–H groups in total. The third-order valence-electron chi connectivity index (χ3n) is 3.14. The Morgan fingerprint density at radius 3 is 2.63 bits per heavy atom. The standard InChI is InChI=1S/C15H18N2O2/c1-2-3-4-9-14(18)17-12-7-8-13(17)15(19)16-10-5-6-11-16/h2-4,7-9,12H,5-6,10-11H2,1H3/b3-2+,9-4+. The summed E-state index contributed by atoms with van der Waals surface area (Å²) in [6, 6.07) is 3.42. The van der Waals surface area contributed by atoms with E-state index in [0.717, 1.165) is 25.9 Å². The third-order valence-corrected chi connectivity index (χ3v) is 3.14. The molecule has 19 heavy (non-hydrogen) atoms. The van der Waals surface area contributed by atoms with Crippen molar-refractivity contribution in [2.24, 2.45) is 0 Å². The van der Waals surface area contributed by atoms with Gasteiger partial charge in [-0.2, -0.15) is 0 Å². The normalized spacial score (nSPS) is 15.7. The number of hydrogen-bond donors (Lipinski definition) is 0. The lowest BCUT2D eigenvalue weighted by Crippen LogP contribution is -2.30. The molecule has 0 aliphatic carbocycles. The number of aromatic nitrogens is 1. The number of carbonyl (C=O) groups is 2. The molecule has 0 aromatic carbocycles. The number of allylic oxidation sites excluding steroid dienone is 4. The van der Waals surface area contributed by atoms with E-state index in [1.165, 1.54) is 10.6 Å². The van der Waals surface area contributed by atoms with Crippen molar-refractivity contribution in [1.29, 1.82) is 0 Å². The first-order chi connectivity index (χ1) is 9.24. The minimum Gasteiger partial charge on any atom is -0.337 e. The van der Waals surface area contributed by atoms with Crippen LogP contribution in [0.25, 0.3) is 0 Å². The van der Waals surface area contributed by atoms with Crippen LogP contribution in [0, 0.1) is 0 Å². The predicted octanol–water partition coefficient (Wildman–Crippen LogP) is 2.50. The van der Waals surface area contributed by atoms with Gasteiger partial charge in [0.25, 0.3) is 11.8 Å². The van der Waals surface area contributed by atoms with Crippen molar-refractivity contribution in [2.45, 2.75) is 19.8 Å². The van der Waals surface area contributed by atoms with E-state index in [1.54, 1.807) is 35.4 Å². The fraction of sp³-hybridized carbons (Fsp3) is 0.333. The lowest BCUT2D eigenvalue weighted by atomic mass is 10.3. The first-order valence-corrected chi connectivity index (χ1v) is 6.54. The van der Waals surface area contributed by atoms with Crippen molar-refractivity contribution < 1.29 is 9.59 Å². The zero-order chi connectivity index (χ0) is 13.7. The largest absolute Gasteiger partial charge is 0.337 e. The van der Waals surface area contributed by atoms with Crippen LogP contribution in [-0.2, 0) is 0 Å². The van der Waals surface area contributed by atoms with Crippen LogP contribution < -0.4 is 0 Å². The number of rotatable bonds is 3. The Bertz CT molecular complexity index is 520. The Kier molecular flexibility index (Phi) is 4.34. The number of nitrogens with zero attached hydrogens (tertiary/aromatic N) is 2. The predicted molar refractivity (Wildman–Crippen MR) is 74.2 cm³/mol. The molecule has 0 radical (unpaired) electrons. The Labute approximate surface area is 113 Å². The van der Waals surface area contributed by atoms with E-state index in [-0.39, 0.29) is 11.8 Å². The Morgan fingerprint density at radius 2 is 1.95 bits per heavy atom. The van der Waals surface area contributed by atoms with Gasteiger partial charge in [-0.15, -0.1) is 0 Å². The van der Waals surface area contributed by atoms with Crippen LogP contribution in [0.2, 0.25) is 0 Å². The van der Waals surface area contributed by atoms with Gasteiger partial charge in [0.1, 0.15) is 5.69 Å². The summed E-state index contributed by atoms with van der Waals surface area (Å²) in [5.74, 6) is -0.263. The lowest BCUT2D eigenvalue weighted by Gasteiger charge is -2.15. The SMILES string of the molecule is C/C=C/C=C/C(=O)n1cccc1C(=O)N1CCCC1. The summed E-state index contributed by atoms with van der Waals surface area (Å²) < 4.78 is 1.40. The van der Waals surface area contributed by atoms with E-state index in [4.69, 9.17) is 0 Å². The molecule has 0 unspecified atom stereocenters. The van der Waals surface area contributed by atoms with Gasteiger partial charge in [-0.1, -0.05) is 18.2 Å². The molecule has 1 aromatic rings. The summed E-state index contributed by atoms with van der Waals surface area (Å²) in [5, 5.41) is 0. The van der Waals surface area contributed by atoms with E-state index in [0.29, 0.717) is 5.69 Å². The number of amides is 1. The number of hydrogen-bond acceptors (Lipinski definition) is 2. The second-order valence-electron chi connectivity index (χ2n) is 4.49. The summed E-state index contributed by atoms with van der Waals surface area (Å²) in [5.41, 5.74) is 0.442. The van der Waals surface area contributed by atoms with E-state index in [1.807, 2.05) is 13.0 Å². The van der Waals surface area contributed by atoms with Gasteiger partial charge in [0, 0.05) is 25.4 Å². The summed E-state index contributed by atoms with van der Waals surface area (Å²) in [4.78, 5) is 26.1. The molecule has 1 aromatic heterocycles. The average molecular weight is 258 g/mol. The first kappa shape index (κ1) is 13.3. The molecule has 4 nitrogen and oxygen atoms in total. The van der Waals surface area contributed by atoms with E-state index in [2.05, 4.69) is 0 Å². The highest BCUT2D eigenvalue weighted by molar-refractivity contribution is 6.00. The maximum atomic E-state index is 12.3. The summed E-state index contributed by atoms with van der Waals surface area (Å²) in [7, 11) is 0. The monoisotopic (exact) mass is 258 g/mol. The summed E-state index contributed by atoms with van der Waals surface area (Å²) in [6.07, 6.45) is 10.5. The third kappa shape index (κ3) is 3.02. The highest BCUT2D eigenvalue weighted by Gasteiger charge is 2.22. The summed E-state index contributed by atoms with van der Waals surface area (Å²) >= 11 is 0. The molecule has 2 heterocycles. The average Bonchev–Trinajstić information content (AvgIpc) is 3.09. The molecule has 2 rings (SSSR count). The molecule has 100 valence electrons. The molecule has 0 saturated carbocycles. The number of carbonyl (C=O) groups excluding carboxylic acids is 2. The zero-order valence-corrected chi connectivity index (χ0v) is 11.1. The highest BCUT2D eigenvalue weighted by atomic mass is 16.2. The van der Waals surface area contributed by atoms with Crippen LogP contribution in [0.15, 0.2) is 42.6 Å². The summed E-state index contributed by atoms with van der Waals surface area (Å²) in [6.45, 7) is 3.45. The minimum absolute atomic E-state index is 0.0599. The van der Waals surface area contributed by atoms with E-state index in [9.17, 15) is 9.59 Å². The van der Waals surface area contributed by atoms with Crippen LogP contribution >= 0.6 is 0 Å². The molecule has 1 aliphatic rings. The molecule has 0 spiro atoms. The van der Waals surface area contributed by atoms with Gasteiger partial charge in [0.15, 0.2) is 0 Å². The molecular formula is C15H18N2O2. The van der Waals surface area contributed by atoms with Crippen molar-refractivity contribution in [3.63, 3.8) is 0 Å². The van der Waals surface area contributed by atoms with Gasteiger partial charge < -0.3 is 4.90 Å². The molecule has 4 heteroatoms. The topological polar surface area (TPSA) is 42.3 Å². The zero-order valence-electron chi connectivity index (χ0n) is 11.1. The van der Waals surface area contributed by atoms with Crippen LogP contribution in [0.3, 0.4) is 0 Å². The van der Waals surface area contributed by atoms with Gasteiger partial charge in [-0.25, -0.2) is 0 Å². The molecule has 1 amide bonds. The molecule has 0 atom stereocenters. The second-order valence-corrected chi connectivity index (χ2v) is 4.49. The molecule has 1 aliphatic heterocycles. The maximum absolute atomic E-state index is 12.3. The van der Waals surface area contributed by atoms with Crippen molar-refractivity contribution in [3.05, 3.63) is 48.3 Å². The van der Waals surface area contributed by atoms with Gasteiger partial charge in [-0.3, -0.25) is 14.2 Å². The van der Waals surface area contributed by atoms with Crippen LogP contribution in [-0.4, -0.2) is 34.4 Å². The fourth-order valence-electron chi connectivity index (χ4n) is 2.16. The Hall–Kier alpha value is -2.10. The van der Waals surface area contributed by atoms with Crippen molar-refractivity contribution >= 4 is 11.8 Å². The number of likely N-dealkylation sites (tertiary alicyclic amines) is 1. The smallest absolute Gasteiger partial charge is 0.270 e. The molecule has 0 bridgehead atoms. The van der Waals surface area contributed by atoms with Gasteiger partial charge >= 0.3 is 0 Å². The molecular weight excluding hydrogens is 240 g/mol. The van der Waals surface area contributed by atoms with Gasteiger partial charge in [0.05, 0.1) is 0 Å². The van der Waals surface area contributed by atoms with Crippen LogP contribution in [0.5, 0.6) is 0 Å². The quantitative estimate of drug-likeness (QED) is 0.617. The van der Waals surface area contributed by atoms with Gasteiger partial charge in [0.2, 0.25) is 0 Å². The van der Waals surface area contributed by atoms with E-state index >= 15 is 0 Å². The van der Waals surface area contributed by atoms with E-state index < -0.39 is 0 Å². The Morgan fingerprint density at radius 1 is 1.21 bits per heavy atom. The molecule has 1 fully saturated rings. The lowest BCUT2D eigenvalue weighted by molar-refractivity contribution is 0.0770. The second kappa shape index (κ2) is 6.18. The molecule has 1 saturated heterocycles. The van der Waals surface area contributed by atoms with Crippen molar-refractivity contribution in [2.75, 3.05) is 13.1 Å².